The quantitative estimate of drug-likeness (QED) is 0.879. The maximum Gasteiger partial charge on any atom is 0.120 e. The van der Waals surface area contributed by atoms with Gasteiger partial charge in [0, 0.05) is 19.3 Å². The Kier molecular flexibility index (Phi) is 6.05. The fourth-order valence-electron chi connectivity index (χ4n) is 3.44. The Balaban J connectivity index is 1.85. The largest absolute Gasteiger partial charge is 0.393 e. The van der Waals surface area contributed by atoms with Crippen LogP contribution < -0.4 is 0 Å². The predicted octanol–water partition coefficient (Wildman–Crippen LogP) is 3.00. The molecule has 2 rings (SSSR count). The average Bonchev–Trinajstić information content (AvgIpc) is 2.89. The Morgan fingerprint density at radius 1 is 1.36 bits per heavy atom. The van der Waals surface area contributed by atoms with Gasteiger partial charge in [0.25, 0.3) is 0 Å². The number of aliphatic hydroxyl groups excluding tert-OH is 1. The van der Waals surface area contributed by atoms with Crippen LogP contribution in [0.15, 0.2) is 12.3 Å². The molecule has 1 aliphatic rings. The van der Waals surface area contributed by atoms with Crippen molar-refractivity contribution in [1.82, 2.24) is 9.47 Å². The molecule has 1 fully saturated rings. The first-order valence-corrected chi connectivity index (χ1v) is 8.53. The Morgan fingerprint density at radius 2 is 2.05 bits per heavy atom. The highest BCUT2D eigenvalue weighted by molar-refractivity contribution is 5.28. The summed E-state index contributed by atoms with van der Waals surface area (Å²) in [5.74, 6) is 1.01. The smallest absolute Gasteiger partial charge is 0.120 e. The third-order valence-electron chi connectivity index (χ3n) is 4.70. The molecule has 1 aromatic rings. The van der Waals surface area contributed by atoms with E-state index < -0.39 is 0 Å². The van der Waals surface area contributed by atoms with Gasteiger partial charge < -0.3 is 9.67 Å². The highest BCUT2D eigenvalue weighted by Gasteiger charge is 2.25. The van der Waals surface area contributed by atoms with Gasteiger partial charge in [-0.05, 0) is 62.7 Å². The molecule has 0 amide bonds. The number of aliphatic hydroxyl groups is 1. The van der Waals surface area contributed by atoms with Crippen LogP contribution >= 0.6 is 0 Å². The first kappa shape index (κ1) is 17.1. The zero-order chi connectivity index (χ0) is 16.1. The predicted molar refractivity (Wildman–Crippen MR) is 88.3 cm³/mol. The molecule has 1 N–H and O–H groups in total. The van der Waals surface area contributed by atoms with E-state index in [1.54, 1.807) is 0 Å². The fraction of sp³-hybridized carbons (Fsp3) is 0.722. The molecule has 1 atom stereocenters. The van der Waals surface area contributed by atoms with Gasteiger partial charge in [-0.3, -0.25) is 4.90 Å². The van der Waals surface area contributed by atoms with Crippen molar-refractivity contribution in [3.8, 4) is 6.07 Å². The summed E-state index contributed by atoms with van der Waals surface area (Å²) in [7, 11) is 0. The van der Waals surface area contributed by atoms with Crippen LogP contribution in [-0.4, -0.2) is 33.8 Å². The lowest BCUT2D eigenvalue weighted by Crippen LogP contribution is -2.37. The van der Waals surface area contributed by atoms with Crippen LogP contribution in [0.25, 0.3) is 0 Å². The number of aromatic nitrogens is 1. The van der Waals surface area contributed by atoms with Gasteiger partial charge in [-0.15, -0.1) is 0 Å². The van der Waals surface area contributed by atoms with Crippen molar-refractivity contribution in [3.05, 3.63) is 23.5 Å². The van der Waals surface area contributed by atoms with Crippen molar-refractivity contribution in [2.75, 3.05) is 13.1 Å². The van der Waals surface area contributed by atoms with E-state index in [-0.39, 0.29) is 6.10 Å². The van der Waals surface area contributed by atoms with Crippen LogP contribution in [0.3, 0.4) is 0 Å². The molecule has 0 unspecified atom stereocenters. The van der Waals surface area contributed by atoms with Crippen LogP contribution in [0, 0.1) is 23.2 Å². The Morgan fingerprint density at radius 3 is 2.55 bits per heavy atom. The molecule has 122 valence electrons. The maximum absolute atomic E-state index is 10.3. The molecule has 2 heterocycles. The Labute approximate surface area is 134 Å². The number of nitrogens with zero attached hydrogens (tertiary/aromatic N) is 3. The van der Waals surface area contributed by atoms with Crippen molar-refractivity contribution in [2.45, 2.75) is 59.2 Å². The molecule has 22 heavy (non-hydrogen) atoms. The van der Waals surface area contributed by atoms with Crippen LogP contribution in [-0.2, 0) is 13.1 Å². The normalized spacial score (nSPS) is 18.5. The summed E-state index contributed by atoms with van der Waals surface area (Å²) in [5.41, 5.74) is 1.97. The zero-order valence-electron chi connectivity index (χ0n) is 14.1. The Hall–Kier alpha value is -1.31. The van der Waals surface area contributed by atoms with Crippen LogP contribution in [0.4, 0.5) is 0 Å². The molecule has 0 bridgehead atoms. The lowest BCUT2D eigenvalue weighted by atomic mass is 9.87. The van der Waals surface area contributed by atoms with E-state index in [2.05, 4.69) is 37.9 Å². The van der Waals surface area contributed by atoms with Crippen molar-refractivity contribution < 1.29 is 5.11 Å². The van der Waals surface area contributed by atoms with E-state index in [1.807, 2.05) is 10.6 Å². The van der Waals surface area contributed by atoms with E-state index >= 15 is 0 Å². The van der Waals surface area contributed by atoms with Crippen molar-refractivity contribution in [3.63, 3.8) is 0 Å². The van der Waals surface area contributed by atoms with Crippen LogP contribution in [0.2, 0.25) is 0 Å². The second-order valence-corrected chi connectivity index (χ2v) is 6.94. The minimum atomic E-state index is -0.145. The second-order valence-electron chi connectivity index (χ2n) is 6.94. The van der Waals surface area contributed by atoms with Gasteiger partial charge in [0.1, 0.15) is 11.8 Å². The third kappa shape index (κ3) is 4.34. The Bertz CT molecular complexity index is 507. The van der Waals surface area contributed by atoms with Gasteiger partial charge in [0.2, 0.25) is 0 Å². The number of hydrogen-bond acceptors (Lipinski definition) is 3. The summed E-state index contributed by atoms with van der Waals surface area (Å²) < 4.78 is 2.01. The summed E-state index contributed by atoms with van der Waals surface area (Å²) >= 11 is 0. The van der Waals surface area contributed by atoms with E-state index in [1.165, 1.54) is 5.56 Å². The molecule has 1 saturated heterocycles. The second kappa shape index (κ2) is 7.80. The van der Waals surface area contributed by atoms with Gasteiger partial charge in [0.15, 0.2) is 0 Å². The molecule has 0 aliphatic carbocycles. The molecule has 1 aliphatic heterocycles. The van der Waals surface area contributed by atoms with E-state index in [0.29, 0.717) is 11.8 Å². The summed E-state index contributed by atoms with van der Waals surface area (Å²) in [5, 5.41) is 19.4. The topological polar surface area (TPSA) is 52.2 Å². The SMILES string of the molecule is CCn1cc(CN2CCC([C@@H](O)CC(C)C)CC2)cc1C#N. The van der Waals surface area contributed by atoms with Crippen molar-refractivity contribution in [2.24, 2.45) is 11.8 Å². The molecule has 4 nitrogen and oxygen atoms in total. The molecule has 0 spiro atoms. The van der Waals surface area contributed by atoms with E-state index in [9.17, 15) is 5.11 Å². The van der Waals surface area contributed by atoms with Gasteiger partial charge in [0.05, 0.1) is 6.10 Å². The molecule has 4 heteroatoms. The molecule has 1 aromatic heterocycles. The highest BCUT2D eigenvalue weighted by Crippen LogP contribution is 2.25. The number of nitriles is 1. The molecule has 0 aromatic carbocycles. The van der Waals surface area contributed by atoms with Crippen molar-refractivity contribution >= 4 is 0 Å². The number of likely N-dealkylation sites (tertiary alicyclic amines) is 1. The number of hydrogen-bond donors (Lipinski definition) is 1. The van der Waals surface area contributed by atoms with E-state index in [4.69, 9.17) is 5.26 Å². The number of piperidine rings is 1. The summed E-state index contributed by atoms with van der Waals surface area (Å²) in [6, 6.07) is 4.26. The summed E-state index contributed by atoms with van der Waals surface area (Å²) in [6.07, 6.45) is 5.02. The minimum absolute atomic E-state index is 0.145. The van der Waals surface area contributed by atoms with Crippen molar-refractivity contribution in [1.29, 1.82) is 5.26 Å². The third-order valence-corrected chi connectivity index (χ3v) is 4.70. The van der Waals surface area contributed by atoms with E-state index in [0.717, 1.165) is 51.1 Å². The molecule has 0 radical (unpaired) electrons. The maximum atomic E-state index is 10.3. The summed E-state index contributed by atoms with van der Waals surface area (Å²) in [4.78, 5) is 2.44. The summed E-state index contributed by atoms with van der Waals surface area (Å²) in [6.45, 7) is 10.2. The van der Waals surface area contributed by atoms with Crippen LogP contribution in [0.1, 0.15) is 51.3 Å². The first-order valence-electron chi connectivity index (χ1n) is 8.53. The molecular formula is C18H29N3O. The van der Waals surface area contributed by atoms with Crippen LogP contribution in [0.5, 0.6) is 0 Å². The van der Waals surface area contributed by atoms with Gasteiger partial charge >= 0.3 is 0 Å². The number of rotatable bonds is 6. The molecule has 0 saturated carbocycles. The van der Waals surface area contributed by atoms with Gasteiger partial charge in [-0.25, -0.2) is 0 Å². The standard InChI is InChI=1S/C18H29N3O/c1-4-21-13-15(10-17(21)11-19)12-20-7-5-16(6-8-20)18(22)9-14(2)3/h10,13-14,16,18,22H,4-9,12H2,1-3H3/t18-/m0/s1. The lowest BCUT2D eigenvalue weighted by Gasteiger charge is -2.34. The minimum Gasteiger partial charge on any atom is -0.393 e. The fourth-order valence-corrected chi connectivity index (χ4v) is 3.44. The first-order chi connectivity index (χ1) is 10.5. The number of aryl methyl sites for hydroxylation is 1. The zero-order valence-corrected chi connectivity index (χ0v) is 14.1. The highest BCUT2D eigenvalue weighted by atomic mass is 16.3. The average molecular weight is 303 g/mol. The molecular weight excluding hydrogens is 274 g/mol. The van der Waals surface area contributed by atoms with Gasteiger partial charge in [-0.1, -0.05) is 13.8 Å². The van der Waals surface area contributed by atoms with Gasteiger partial charge in [-0.2, -0.15) is 5.26 Å². The monoisotopic (exact) mass is 303 g/mol. The lowest BCUT2D eigenvalue weighted by molar-refractivity contribution is 0.0436.